The molecule has 4 N–H and O–H groups in total. The summed E-state index contributed by atoms with van der Waals surface area (Å²) in [6, 6.07) is 0. The summed E-state index contributed by atoms with van der Waals surface area (Å²) in [6.07, 6.45) is 36.6. The number of aliphatic hydroxyl groups excluding tert-OH is 3. The van der Waals surface area contributed by atoms with Crippen molar-refractivity contribution in [3.63, 3.8) is 0 Å². The Kier molecular flexibility index (Phi) is 37.9. The highest BCUT2D eigenvalue weighted by Crippen LogP contribution is 2.24. The Balaban J connectivity index is 2.41. The Morgan fingerprint density at radius 3 is 1.44 bits per heavy atom. The molecule has 0 aromatic carbocycles. The van der Waals surface area contributed by atoms with Gasteiger partial charge >= 0.3 is 11.9 Å². The van der Waals surface area contributed by atoms with Gasteiger partial charge in [-0.1, -0.05) is 199 Å². The molecule has 1 saturated heterocycles. The summed E-state index contributed by atoms with van der Waals surface area (Å²) in [4.78, 5) is 25.5. The van der Waals surface area contributed by atoms with Crippen LogP contribution in [0.3, 0.4) is 0 Å². The lowest BCUT2D eigenvalue weighted by atomic mass is 10.00. The first-order valence-corrected chi connectivity index (χ1v) is 27.0. The Bertz CT molecular complexity index is 1260. The SMILES string of the molecule is CCCCCCCCCCC/C=C/C/C=C/CCCC(=O)OC[C@H](CO[C@H]1O[C@H](CS(=O)(=O)O)[C@@H](O)C(O)C1O)OC(=O)CCCCCCCCCCCCCCCCCCCC. The fraction of sp³-hybridized carbons (Fsp3) is 0.880. The number of aliphatic hydroxyl groups is 3. The zero-order valence-corrected chi connectivity index (χ0v) is 40.5. The highest BCUT2D eigenvalue weighted by Gasteiger charge is 2.46. The summed E-state index contributed by atoms with van der Waals surface area (Å²) in [5.74, 6) is -2.03. The summed E-state index contributed by atoms with van der Waals surface area (Å²) in [5.41, 5.74) is 0. The van der Waals surface area contributed by atoms with E-state index in [1.54, 1.807) is 0 Å². The van der Waals surface area contributed by atoms with Crippen LogP contribution in [0.1, 0.15) is 226 Å². The van der Waals surface area contributed by atoms with Gasteiger partial charge in [0.1, 0.15) is 36.8 Å². The second-order valence-electron chi connectivity index (χ2n) is 17.8. The first-order chi connectivity index (χ1) is 30.5. The van der Waals surface area contributed by atoms with Crippen molar-refractivity contribution >= 4 is 22.1 Å². The van der Waals surface area contributed by atoms with Gasteiger partial charge in [0.05, 0.1) is 6.61 Å². The zero-order valence-electron chi connectivity index (χ0n) is 39.7. The van der Waals surface area contributed by atoms with Crippen LogP contribution in [0.15, 0.2) is 24.3 Å². The van der Waals surface area contributed by atoms with Gasteiger partial charge in [-0.2, -0.15) is 8.42 Å². The molecule has 1 fully saturated rings. The Hall–Kier alpha value is -1.87. The number of hydrogen-bond acceptors (Lipinski definition) is 11. The van der Waals surface area contributed by atoms with Crippen LogP contribution in [0, 0.1) is 0 Å². The highest BCUT2D eigenvalue weighted by atomic mass is 32.2. The molecule has 63 heavy (non-hydrogen) atoms. The molecule has 0 aromatic heterocycles. The lowest BCUT2D eigenvalue weighted by molar-refractivity contribution is -0.297. The van der Waals surface area contributed by atoms with Crippen molar-refractivity contribution < 1.29 is 56.8 Å². The van der Waals surface area contributed by atoms with E-state index < -0.39 is 71.2 Å². The number of hydrogen-bond donors (Lipinski definition) is 4. The van der Waals surface area contributed by atoms with Crippen molar-refractivity contribution in [1.29, 1.82) is 0 Å². The average Bonchev–Trinajstić information content (AvgIpc) is 3.25. The minimum absolute atomic E-state index is 0.158. The third-order valence-electron chi connectivity index (χ3n) is 11.8. The van der Waals surface area contributed by atoms with Gasteiger partial charge in [0, 0.05) is 12.8 Å². The van der Waals surface area contributed by atoms with Crippen molar-refractivity contribution in [2.24, 2.45) is 0 Å². The number of esters is 2. The molecule has 0 aliphatic carbocycles. The molecule has 0 bridgehead atoms. The summed E-state index contributed by atoms with van der Waals surface area (Å²) >= 11 is 0. The Morgan fingerprint density at radius 1 is 0.540 bits per heavy atom. The van der Waals surface area contributed by atoms with Crippen molar-refractivity contribution in [2.45, 2.75) is 263 Å². The van der Waals surface area contributed by atoms with Gasteiger partial charge in [0.2, 0.25) is 0 Å². The van der Waals surface area contributed by atoms with Crippen molar-refractivity contribution in [2.75, 3.05) is 19.0 Å². The Morgan fingerprint density at radius 2 is 0.968 bits per heavy atom. The topological polar surface area (TPSA) is 186 Å². The number of rotatable bonds is 43. The van der Waals surface area contributed by atoms with Crippen LogP contribution < -0.4 is 0 Å². The van der Waals surface area contributed by atoms with Crippen LogP contribution in [-0.2, 0) is 38.7 Å². The van der Waals surface area contributed by atoms with E-state index >= 15 is 0 Å². The third kappa shape index (κ3) is 35.1. The Labute approximate surface area is 383 Å². The van der Waals surface area contributed by atoms with Crippen LogP contribution in [0.5, 0.6) is 0 Å². The van der Waals surface area contributed by atoms with Gasteiger partial charge in [0.15, 0.2) is 12.4 Å². The second-order valence-corrected chi connectivity index (χ2v) is 19.3. The van der Waals surface area contributed by atoms with Gasteiger partial charge in [-0.15, -0.1) is 0 Å². The lowest BCUT2D eigenvalue weighted by Gasteiger charge is -2.40. The molecule has 6 atom stereocenters. The van der Waals surface area contributed by atoms with Gasteiger partial charge in [-0.25, -0.2) is 0 Å². The molecule has 0 aromatic rings. The number of carbonyl (C=O) groups excluding carboxylic acids is 2. The first kappa shape index (κ1) is 59.1. The van der Waals surface area contributed by atoms with E-state index in [0.29, 0.717) is 19.3 Å². The monoisotopic (exact) mass is 917 g/mol. The maximum atomic E-state index is 12.9. The second kappa shape index (κ2) is 40.4. The van der Waals surface area contributed by atoms with Gasteiger partial charge < -0.3 is 34.3 Å². The number of allylic oxidation sites excluding steroid dienone is 4. The molecule has 12 nitrogen and oxygen atoms in total. The first-order valence-electron chi connectivity index (χ1n) is 25.4. The summed E-state index contributed by atoms with van der Waals surface area (Å²) in [7, 11) is -4.61. The fourth-order valence-electron chi connectivity index (χ4n) is 7.84. The summed E-state index contributed by atoms with van der Waals surface area (Å²) in [6.45, 7) is 3.76. The molecule has 0 amide bonds. The molecule has 370 valence electrons. The van der Waals surface area contributed by atoms with Crippen molar-refractivity contribution in [3.05, 3.63) is 24.3 Å². The number of ether oxygens (including phenoxy) is 4. The van der Waals surface area contributed by atoms with Crippen LogP contribution in [0.2, 0.25) is 0 Å². The molecule has 1 aliphatic heterocycles. The molecule has 1 aliphatic rings. The van der Waals surface area contributed by atoms with Gasteiger partial charge in [-0.3, -0.25) is 14.1 Å². The lowest BCUT2D eigenvalue weighted by Crippen LogP contribution is -2.60. The maximum Gasteiger partial charge on any atom is 0.306 e. The summed E-state index contributed by atoms with van der Waals surface area (Å²) < 4.78 is 54.2. The van der Waals surface area contributed by atoms with E-state index in [9.17, 15) is 37.9 Å². The van der Waals surface area contributed by atoms with E-state index in [2.05, 4.69) is 32.1 Å². The standard InChI is InChI=1S/C50H92O12S/c1-3-5-7-9-11-13-15-17-19-21-23-25-27-29-31-33-35-37-39-46(52)61-43(41-60-50-49(55)48(54)47(53)44(62-50)42-63(56,57)58)40-59-45(51)38-36-34-32-30-28-26-24-22-20-18-16-14-12-10-8-6-4-2/h24,26,30,32,43-44,47-50,53-55H,3-23,25,27-29,31,33-42H2,1-2H3,(H,56,57,58)/b26-24+,32-30+/t43-,44-,47-,48?,49?,50+/m1/s1. The predicted octanol–water partition coefficient (Wildman–Crippen LogP) is 11.2. The van der Waals surface area contributed by atoms with Gasteiger partial charge in [0.25, 0.3) is 10.1 Å². The molecule has 0 spiro atoms. The zero-order chi connectivity index (χ0) is 46.2. The van der Waals surface area contributed by atoms with Crippen LogP contribution in [-0.4, -0.2) is 96.0 Å². The smallest absolute Gasteiger partial charge is 0.306 e. The van der Waals surface area contributed by atoms with Crippen molar-refractivity contribution in [1.82, 2.24) is 0 Å². The van der Waals surface area contributed by atoms with Crippen LogP contribution in [0.25, 0.3) is 0 Å². The molecule has 2 unspecified atom stereocenters. The van der Waals surface area contributed by atoms with E-state index in [0.717, 1.165) is 32.1 Å². The van der Waals surface area contributed by atoms with Crippen molar-refractivity contribution in [3.8, 4) is 0 Å². The summed E-state index contributed by atoms with van der Waals surface area (Å²) in [5, 5.41) is 30.9. The highest BCUT2D eigenvalue weighted by molar-refractivity contribution is 7.85. The number of carbonyl (C=O) groups is 2. The average molecular weight is 917 g/mol. The molecular formula is C50H92O12S. The number of unbranched alkanes of at least 4 members (excludes halogenated alkanes) is 27. The van der Waals surface area contributed by atoms with Gasteiger partial charge in [-0.05, 0) is 38.5 Å². The minimum Gasteiger partial charge on any atom is -0.462 e. The van der Waals surface area contributed by atoms with E-state index in [1.807, 2.05) is 6.08 Å². The van der Waals surface area contributed by atoms with E-state index in [4.69, 9.17) is 18.9 Å². The predicted molar refractivity (Wildman–Crippen MR) is 252 cm³/mol. The van der Waals surface area contributed by atoms with Crippen LogP contribution in [0.4, 0.5) is 0 Å². The molecule has 0 saturated carbocycles. The van der Waals surface area contributed by atoms with E-state index in [1.165, 1.54) is 148 Å². The molecule has 1 heterocycles. The quantitative estimate of drug-likeness (QED) is 0.0197. The largest absolute Gasteiger partial charge is 0.462 e. The third-order valence-corrected chi connectivity index (χ3v) is 12.5. The maximum absolute atomic E-state index is 12.9. The minimum atomic E-state index is -4.61. The normalized spacial score (nSPS) is 19.9. The molecule has 1 rings (SSSR count). The molecular weight excluding hydrogens is 825 g/mol. The van der Waals surface area contributed by atoms with Crippen LogP contribution >= 0.6 is 0 Å². The van der Waals surface area contributed by atoms with E-state index in [-0.39, 0.29) is 19.4 Å². The molecule has 0 radical (unpaired) electrons. The molecule has 13 heteroatoms. The fourth-order valence-corrected chi connectivity index (χ4v) is 8.53.